The monoisotopic (exact) mass is 513 g/mol. The van der Waals surface area contributed by atoms with E-state index in [-0.39, 0.29) is 18.5 Å². The summed E-state index contributed by atoms with van der Waals surface area (Å²) in [6.45, 7) is 2.88. The second-order valence-electron chi connectivity index (χ2n) is 9.81. The summed E-state index contributed by atoms with van der Waals surface area (Å²) >= 11 is 12.2. The molecule has 4 nitrogen and oxygen atoms in total. The Balaban J connectivity index is 1.18. The molecule has 2 saturated heterocycles. The number of nitrogens with zero attached hydrogens (tertiary/aromatic N) is 3. The summed E-state index contributed by atoms with van der Waals surface area (Å²) in [5.41, 5.74) is 2.68. The van der Waals surface area contributed by atoms with Gasteiger partial charge in [-0.3, -0.25) is 19.1 Å². The summed E-state index contributed by atoms with van der Waals surface area (Å²) in [5, 5.41) is 2.01. The lowest BCUT2D eigenvalue weighted by Crippen LogP contribution is -2.51. The van der Waals surface area contributed by atoms with Crippen LogP contribution >= 0.6 is 23.2 Å². The Bertz CT molecular complexity index is 1190. The molecule has 35 heavy (non-hydrogen) atoms. The summed E-state index contributed by atoms with van der Waals surface area (Å²) in [6.07, 6.45) is 5.35. The van der Waals surface area contributed by atoms with Gasteiger partial charge in [0.2, 0.25) is 0 Å². The molecule has 2 aliphatic heterocycles. The number of alkyl halides is 1. The number of para-hydroxylation sites is 1. The highest BCUT2D eigenvalue weighted by Gasteiger charge is 2.35. The van der Waals surface area contributed by atoms with Gasteiger partial charge in [0.25, 0.3) is 5.91 Å². The topological polar surface area (TPSA) is 36.4 Å². The molecule has 0 unspecified atom stereocenters. The number of benzene rings is 2. The van der Waals surface area contributed by atoms with Crippen molar-refractivity contribution in [3.05, 3.63) is 75.9 Å². The first-order valence-electron chi connectivity index (χ1n) is 12.4. The Hall–Kier alpha value is -2.21. The number of amides is 1. The Morgan fingerprint density at radius 3 is 2.54 bits per heavy atom. The molecule has 5 rings (SSSR count). The molecule has 3 heterocycles. The number of piperidine rings is 2. The minimum absolute atomic E-state index is 0.0149. The number of halogens is 3. The minimum atomic E-state index is -0.311. The number of carbonyl (C=O) groups is 1. The maximum absolute atomic E-state index is 14.1. The quantitative estimate of drug-likeness (QED) is 0.401. The lowest BCUT2D eigenvalue weighted by atomic mass is 9.81. The molecule has 2 atom stereocenters. The second-order valence-corrected chi connectivity index (χ2v) is 10.6. The molecule has 7 heteroatoms. The lowest BCUT2D eigenvalue weighted by molar-refractivity contribution is 0.0347. The van der Waals surface area contributed by atoms with Crippen molar-refractivity contribution in [2.75, 3.05) is 32.9 Å². The third kappa shape index (κ3) is 5.32. The molecule has 0 radical (unpaired) electrons. The molecular formula is C28H30Cl2FN3O. The van der Waals surface area contributed by atoms with Crippen molar-refractivity contribution >= 4 is 40.0 Å². The number of pyridine rings is 1. The van der Waals surface area contributed by atoms with Crippen LogP contribution in [-0.4, -0.2) is 59.6 Å². The highest BCUT2D eigenvalue weighted by Crippen LogP contribution is 2.32. The van der Waals surface area contributed by atoms with Crippen LogP contribution in [0.15, 0.2) is 54.7 Å². The van der Waals surface area contributed by atoms with Gasteiger partial charge in [0, 0.05) is 43.2 Å². The molecule has 2 fully saturated rings. The number of likely N-dealkylation sites (tertiary alicyclic amines) is 2. The molecule has 2 aromatic carbocycles. The van der Waals surface area contributed by atoms with Crippen molar-refractivity contribution in [2.24, 2.45) is 11.8 Å². The van der Waals surface area contributed by atoms with Crippen LogP contribution in [0.5, 0.6) is 0 Å². The molecule has 3 aromatic rings. The Morgan fingerprint density at radius 2 is 1.77 bits per heavy atom. The third-order valence-corrected chi connectivity index (χ3v) is 8.49. The molecule has 0 saturated carbocycles. The zero-order valence-corrected chi connectivity index (χ0v) is 21.2. The fraction of sp³-hybridized carbons (Fsp3) is 0.429. The van der Waals surface area contributed by atoms with Crippen LogP contribution < -0.4 is 0 Å². The van der Waals surface area contributed by atoms with E-state index >= 15 is 0 Å². The fourth-order valence-electron chi connectivity index (χ4n) is 5.74. The van der Waals surface area contributed by atoms with Crippen molar-refractivity contribution in [1.82, 2.24) is 14.8 Å². The van der Waals surface area contributed by atoms with Gasteiger partial charge in [0.05, 0.1) is 27.8 Å². The smallest absolute Gasteiger partial charge is 0.254 e. The first kappa shape index (κ1) is 24.5. The van der Waals surface area contributed by atoms with Gasteiger partial charge < -0.3 is 4.90 Å². The van der Waals surface area contributed by atoms with Crippen LogP contribution in [0.4, 0.5) is 4.39 Å². The van der Waals surface area contributed by atoms with Crippen molar-refractivity contribution in [1.29, 1.82) is 0 Å². The molecule has 0 aliphatic carbocycles. The third-order valence-electron chi connectivity index (χ3n) is 7.75. The molecular weight excluding hydrogens is 484 g/mol. The predicted molar refractivity (Wildman–Crippen MR) is 140 cm³/mol. The molecule has 184 valence electrons. The van der Waals surface area contributed by atoms with Gasteiger partial charge in [0.1, 0.15) is 0 Å². The molecule has 0 N–H and O–H groups in total. The van der Waals surface area contributed by atoms with Gasteiger partial charge in [-0.05, 0) is 68.0 Å². The van der Waals surface area contributed by atoms with Crippen LogP contribution in [0.1, 0.15) is 35.2 Å². The maximum Gasteiger partial charge on any atom is 0.254 e. The van der Waals surface area contributed by atoms with Crippen molar-refractivity contribution in [2.45, 2.75) is 31.7 Å². The van der Waals surface area contributed by atoms with E-state index in [1.54, 1.807) is 6.20 Å². The maximum atomic E-state index is 14.1. The average Bonchev–Trinajstić information content (AvgIpc) is 2.90. The minimum Gasteiger partial charge on any atom is -0.339 e. The van der Waals surface area contributed by atoms with Gasteiger partial charge in [-0.1, -0.05) is 47.5 Å². The van der Waals surface area contributed by atoms with Crippen molar-refractivity contribution in [3.63, 3.8) is 0 Å². The number of fused-ring (bicyclic) bond motifs is 1. The van der Waals surface area contributed by atoms with E-state index in [9.17, 15) is 9.18 Å². The summed E-state index contributed by atoms with van der Waals surface area (Å²) in [7, 11) is 0. The predicted octanol–water partition coefficient (Wildman–Crippen LogP) is 6.30. The Labute approximate surface area is 216 Å². The fourth-order valence-corrected chi connectivity index (χ4v) is 6.06. The normalized spacial score (nSPS) is 22.0. The number of hydrogen-bond donors (Lipinski definition) is 0. The van der Waals surface area contributed by atoms with Crippen LogP contribution in [0.25, 0.3) is 10.9 Å². The first-order valence-corrected chi connectivity index (χ1v) is 13.2. The van der Waals surface area contributed by atoms with E-state index in [1.165, 1.54) is 0 Å². The van der Waals surface area contributed by atoms with E-state index in [2.05, 4.69) is 9.88 Å². The first-order chi connectivity index (χ1) is 17.0. The Morgan fingerprint density at radius 1 is 0.971 bits per heavy atom. The average molecular weight is 514 g/mol. The highest BCUT2D eigenvalue weighted by molar-refractivity contribution is 6.42. The van der Waals surface area contributed by atoms with Gasteiger partial charge in [-0.2, -0.15) is 0 Å². The van der Waals surface area contributed by atoms with Crippen molar-refractivity contribution in [3.8, 4) is 0 Å². The second kappa shape index (κ2) is 10.8. The van der Waals surface area contributed by atoms with E-state index in [0.29, 0.717) is 22.0 Å². The molecule has 1 aromatic heterocycles. The Kier molecular flexibility index (Phi) is 7.56. The molecule has 2 aliphatic rings. The zero-order chi connectivity index (χ0) is 24.4. The molecule has 0 spiro atoms. The summed E-state index contributed by atoms with van der Waals surface area (Å²) in [6, 6.07) is 15.7. The van der Waals surface area contributed by atoms with Crippen LogP contribution in [0.2, 0.25) is 10.0 Å². The number of aromatic nitrogens is 1. The zero-order valence-electron chi connectivity index (χ0n) is 19.7. The summed E-state index contributed by atoms with van der Waals surface area (Å²) in [5.74, 6) is 0.389. The SMILES string of the molecule is O=C(c1ccnc2ccccc12)N1CCC(N2CC[C@H](Cc3ccc(Cl)c(Cl)c3)[C@H](CF)C2)CC1. The largest absolute Gasteiger partial charge is 0.339 e. The number of hydrogen-bond acceptors (Lipinski definition) is 3. The highest BCUT2D eigenvalue weighted by atomic mass is 35.5. The van der Waals surface area contributed by atoms with Crippen LogP contribution in [0.3, 0.4) is 0 Å². The lowest BCUT2D eigenvalue weighted by Gasteiger charge is -2.44. The van der Waals surface area contributed by atoms with Crippen molar-refractivity contribution < 1.29 is 9.18 Å². The molecule has 1 amide bonds. The number of carbonyl (C=O) groups excluding carboxylic acids is 1. The standard InChI is InChI=1S/C28H30Cl2FN3O/c29-25-6-5-19(16-26(25)30)15-20-8-12-34(18-21(20)17-31)22-9-13-33(14-10-22)28(35)24-7-11-32-27-4-2-1-3-23(24)27/h1-7,11,16,20-22H,8-10,12-15,17-18H2/t20-,21-/m1/s1. The van der Waals surface area contributed by atoms with E-state index < -0.39 is 0 Å². The van der Waals surface area contributed by atoms with Gasteiger partial charge in [0.15, 0.2) is 0 Å². The van der Waals surface area contributed by atoms with E-state index in [1.807, 2.05) is 53.4 Å². The summed E-state index contributed by atoms with van der Waals surface area (Å²) in [4.78, 5) is 22.1. The van der Waals surface area contributed by atoms with Gasteiger partial charge in [-0.25, -0.2) is 0 Å². The summed E-state index contributed by atoms with van der Waals surface area (Å²) < 4.78 is 14.1. The van der Waals surface area contributed by atoms with E-state index in [0.717, 1.165) is 73.9 Å². The molecule has 0 bridgehead atoms. The van der Waals surface area contributed by atoms with Crippen LogP contribution in [-0.2, 0) is 6.42 Å². The van der Waals surface area contributed by atoms with E-state index in [4.69, 9.17) is 23.2 Å². The van der Waals surface area contributed by atoms with Gasteiger partial charge in [-0.15, -0.1) is 0 Å². The number of rotatable bonds is 5. The van der Waals surface area contributed by atoms with Gasteiger partial charge >= 0.3 is 0 Å². The van der Waals surface area contributed by atoms with Crippen LogP contribution in [0, 0.1) is 11.8 Å².